The zero-order valence-corrected chi connectivity index (χ0v) is 24.2. The van der Waals surface area contributed by atoms with Crippen LogP contribution in [0, 0.1) is 0 Å². The Bertz CT molecular complexity index is 1720. The number of rotatable bonds is 7. The Hall–Kier alpha value is -4.42. The predicted molar refractivity (Wildman–Crippen MR) is 164 cm³/mol. The highest BCUT2D eigenvalue weighted by atomic mass is 79.9. The van der Waals surface area contributed by atoms with Crippen molar-refractivity contribution >= 4 is 71.8 Å². The van der Waals surface area contributed by atoms with Crippen LogP contribution in [0.15, 0.2) is 77.3 Å². The summed E-state index contributed by atoms with van der Waals surface area (Å²) in [5.41, 5.74) is 5.39. The lowest BCUT2D eigenvalue weighted by Gasteiger charge is -2.23. The second kappa shape index (κ2) is 12.0. The van der Waals surface area contributed by atoms with Crippen molar-refractivity contribution < 1.29 is 9.59 Å². The number of carbonyl (C=O) groups is 2. The molecule has 2 aromatic heterocycles. The highest BCUT2D eigenvalue weighted by Crippen LogP contribution is 2.31. The van der Waals surface area contributed by atoms with E-state index in [4.69, 9.17) is 0 Å². The number of fused-ring (bicyclic) bond motifs is 1. The van der Waals surface area contributed by atoms with Crippen LogP contribution in [-0.4, -0.2) is 37.5 Å². The molecule has 3 N–H and O–H groups in total. The van der Waals surface area contributed by atoms with Gasteiger partial charge in [-0.05, 0) is 90.1 Å². The van der Waals surface area contributed by atoms with Crippen LogP contribution in [0.1, 0.15) is 47.2 Å². The molecule has 0 radical (unpaired) electrons. The summed E-state index contributed by atoms with van der Waals surface area (Å²) < 4.78 is 1.91. The number of nitrogens with one attached hydrogen (secondary N) is 3. The van der Waals surface area contributed by atoms with E-state index in [0.29, 0.717) is 10.7 Å². The Labute approximate surface area is 248 Å². The summed E-state index contributed by atoms with van der Waals surface area (Å²) in [4.78, 5) is 32.5. The monoisotopic (exact) mass is 628 g/mol. The minimum Gasteiger partial charge on any atom is -0.290 e. The molecule has 1 aliphatic carbocycles. The lowest BCUT2D eigenvalue weighted by molar-refractivity contribution is 0.102. The Balaban J connectivity index is 1.24. The molecule has 1 aliphatic rings. The molecule has 12 heteroatoms. The number of H-pyrrole nitrogens is 1. The molecule has 0 aliphatic heterocycles. The second-order valence-electron chi connectivity index (χ2n) is 9.56. The molecule has 0 spiro atoms. The lowest BCUT2D eigenvalue weighted by atomic mass is 9.93. The van der Waals surface area contributed by atoms with Crippen LogP contribution >= 0.6 is 27.3 Å². The molecule has 3 amide bonds. The van der Waals surface area contributed by atoms with Crippen molar-refractivity contribution in [3.05, 3.63) is 94.0 Å². The van der Waals surface area contributed by atoms with E-state index in [-0.39, 0.29) is 24.4 Å². The average molecular weight is 630 g/mol. The number of hydrogen-bond acceptors (Lipinski definition) is 7. The fourth-order valence-electron chi connectivity index (χ4n) is 4.68. The quantitative estimate of drug-likeness (QED) is 0.178. The van der Waals surface area contributed by atoms with Crippen LogP contribution in [-0.2, 0) is 6.54 Å². The van der Waals surface area contributed by atoms with Gasteiger partial charge in [-0.15, -0.1) is 5.10 Å². The van der Waals surface area contributed by atoms with Gasteiger partial charge < -0.3 is 0 Å². The molecule has 0 atom stereocenters. The summed E-state index contributed by atoms with van der Waals surface area (Å²) in [6, 6.07) is 20.7. The lowest BCUT2D eigenvalue weighted by Crippen LogP contribution is -2.34. The van der Waals surface area contributed by atoms with Gasteiger partial charge in [0.05, 0.1) is 16.8 Å². The maximum absolute atomic E-state index is 13.7. The first-order valence-electron chi connectivity index (χ1n) is 13.1. The van der Waals surface area contributed by atoms with Gasteiger partial charge in [0.15, 0.2) is 5.13 Å². The van der Waals surface area contributed by atoms with Gasteiger partial charge >= 0.3 is 6.03 Å². The molecule has 206 valence electrons. The minimum atomic E-state index is -0.359. The Kier molecular flexibility index (Phi) is 7.83. The van der Waals surface area contributed by atoms with Crippen molar-refractivity contribution in [2.24, 2.45) is 0 Å². The third-order valence-corrected chi connectivity index (χ3v) is 8.22. The largest absolute Gasteiger partial charge is 0.328 e. The number of benzene rings is 3. The van der Waals surface area contributed by atoms with Gasteiger partial charge in [-0.3, -0.25) is 20.3 Å². The minimum absolute atomic E-state index is 0.0940. The molecule has 5 aromatic rings. The number of thiazole rings is 1. The highest BCUT2D eigenvalue weighted by molar-refractivity contribution is 9.10. The molecule has 0 bridgehead atoms. The fourth-order valence-corrected chi connectivity index (χ4v) is 5.87. The molecule has 0 saturated heterocycles. The van der Waals surface area contributed by atoms with Gasteiger partial charge in [0, 0.05) is 15.7 Å². The number of urea groups is 1. The Morgan fingerprint density at radius 1 is 1.00 bits per heavy atom. The maximum Gasteiger partial charge on any atom is 0.328 e. The van der Waals surface area contributed by atoms with Crippen LogP contribution in [0.25, 0.3) is 15.8 Å². The van der Waals surface area contributed by atoms with Crippen LogP contribution in [0.4, 0.5) is 21.6 Å². The molecule has 0 unspecified atom stereocenters. The van der Waals surface area contributed by atoms with Gasteiger partial charge in [-0.25, -0.2) is 9.78 Å². The van der Waals surface area contributed by atoms with Crippen molar-refractivity contribution in [2.75, 3.05) is 15.5 Å². The zero-order chi connectivity index (χ0) is 28.2. The Morgan fingerprint density at radius 2 is 1.83 bits per heavy atom. The first kappa shape index (κ1) is 26.8. The van der Waals surface area contributed by atoms with Crippen LogP contribution in [0.3, 0.4) is 0 Å². The van der Waals surface area contributed by atoms with Crippen LogP contribution in [0.5, 0.6) is 0 Å². The summed E-state index contributed by atoms with van der Waals surface area (Å²) in [7, 11) is 0. The first-order chi connectivity index (χ1) is 20.0. The number of allylic oxidation sites excluding steroid dienone is 2. The number of nitrogens with zero attached hydrogens (tertiary/aromatic N) is 5. The standard InChI is InChI=1S/C29H25BrN8O2S/c30-22-12-15-25-24(16-22)31-28(41-25)33-29(40)38(23-13-10-20(11-14-23)19-4-2-1-3-5-19)17-18-6-8-21(9-7-18)26(39)32-27-34-36-37-35-27/h4,6-16H,1-3,5,17H2,(H,31,33,40)(H2,32,34,35,36,37,39). The molecule has 2 heterocycles. The third kappa shape index (κ3) is 6.34. The van der Waals surface area contributed by atoms with E-state index in [0.717, 1.165) is 38.8 Å². The molecule has 41 heavy (non-hydrogen) atoms. The van der Waals surface area contributed by atoms with Gasteiger partial charge in [0.1, 0.15) is 0 Å². The van der Waals surface area contributed by atoms with Crippen molar-refractivity contribution in [1.82, 2.24) is 25.6 Å². The molecular formula is C29H25BrN8O2S. The summed E-state index contributed by atoms with van der Waals surface area (Å²) in [6.07, 6.45) is 6.92. The SMILES string of the molecule is O=C(Nc1nn[nH]n1)c1ccc(CN(C(=O)Nc2nc3cc(Br)ccc3s2)c2ccc(C3=CCCCC3)cc2)cc1. The Morgan fingerprint density at radius 3 is 2.56 bits per heavy atom. The molecule has 3 aromatic carbocycles. The van der Waals surface area contributed by atoms with Crippen LogP contribution in [0.2, 0.25) is 0 Å². The summed E-state index contributed by atoms with van der Waals surface area (Å²) in [5.74, 6) is -0.265. The average Bonchev–Trinajstić information content (AvgIpc) is 3.66. The smallest absolute Gasteiger partial charge is 0.290 e. The van der Waals surface area contributed by atoms with Crippen LogP contribution < -0.4 is 15.5 Å². The van der Waals surface area contributed by atoms with E-state index >= 15 is 0 Å². The van der Waals surface area contributed by atoms with Gasteiger partial charge in [-0.2, -0.15) is 5.21 Å². The van der Waals surface area contributed by atoms with E-state index < -0.39 is 0 Å². The molecule has 0 saturated carbocycles. The van der Waals surface area contributed by atoms with Gasteiger partial charge in [-0.1, -0.05) is 62.7 Å². The topological polar surface area (TPSA) is 129 Å². The molecule has 0 fully saturated rings. The summed E-state index contributed by atoms with van der Waals surface area (Å²) in [6.45, 7) is 0.289. The number of halogens is 1. The normalized spacial score (nSPS) is 13.0. The molecule has 6 rings (SSSR count). The van der Waals surface area contributed by atoms with Gasteiger partial charge in [0.2, 0.25) is 0 Å². The first-order valence-corrected chi connectivity index (χ1v) is 14.7. The number of aromatic nitrogens is 5. The van der Waals surface area contributed by atoms with Crippen molar-refractivity contribution in [3.63, 3.8) is 0 Å². The fraction of sp³-hybridized carbons (Fsp3) is 0.172. The number of anilines is 3. The van der Waals surface area contributed by atoms with Crippen molar-refractivity contribution in [2.45, 2.75) is 32.2 Å². The second-order valence-corrected chi connectivity index (χ2v) is 11.5. The predicted octanol–water partition coefficient (Wildman–Crippen LogP) is 7.02. The maximum atomic E-state index is 13.7. The number of amides is 3. The highest BCUT2D eigenvalue weighted by Gasteiger charge is 2.20. The summed E-state index contributed by atoms with van der Waals surface area (Å²) >= 11 is 4.90. The zero-order valence-electron chi connectivity index (χ0n) is 21.8. The van der Waals surface area contributed by atoms with Crippen molar-refractivity contribution in [1.29, 1.82) is 0 Å². The van der Waals surface area contributed by atoms with E-state index in [9.17, 15) is 9.59 Å². The van der Waals surface area contributed by atoms with E-state index in [2.05, 4.69) is 70.4 Å². The number of hydrogen-bond donors (Lipinski definition) is 3. The molecular weight excluding hydrogens is 604 g/mol. The van der Waals surface area contributed by atoms with E-state index in [1.54, 1.807) is 17.0 Å². The number of aromatic amines is 1. The van der Waals surface area contributed by atoms with E-state index in [1.165, 1.54) is 35.3 Å². The van der Waals surface area contributed by atoms with Gasteiger partial charge in [0.25, 0.3) is 11.9 Å². The van der Waals surface area contributed by atoms with Crippen molar-refractivity contribution in [3.8, 4) is 0 Å². The number of tetrazole rings is 1. The molecule has 10 nitrogen and oxygen atoms in total. The number of carbonyl (C=O) groups excluding carboxylic acids is 2. The van der Waals surface area contributed by atoms with E-state index in [1.807, 2.05) is 42.5 Å². The summed E-state index contributed by atoms with van der Waals surface area (Å²) in [5, 5.41) is 19.3. The third-order valence-electron chi connectivity index (χ3n) is 6.78.